The molecule has 3 aromatic rings. The topological polar surface area (TPSA) is 98.3 Å². The second kappa shape index (κ2) is 9.27. The quantitative estimate of drug-likeness (QED) is 0.500. The van der Waals surface area contributed by atoms with Crippen LogP contribution in [0.3, 0.4) is 0 Å². The Morgan fingerprint density at radius 2 is 1.85 bits per heavy atom. The van der Waals surface area contributed by atoms with Gasteiger partial charge in [0.05, 0.1) is 23.0 Å². The van der Waals surface area contributed by atoms with Gasteiger partial charge in [-0.2, -0.15) is 13.2 Å². The molecule has 7 nitrogen and oxygen atoms in total. The number of nitrogens with one attached hydrogen (secondary N) is 2. The molecule has 1 aromatic heterocycles. The zero-order valence-corrected chi connectivity index (χ0v) is 18.7. The van der Waals surface area contributed by atoms with Crippen molar-refractivity contribution < 1.29 is 27.9 Å². The molecule has 3 N–H and O–H groups in total. The Morgan fingerprint density at radius 3 is 2.53 bits per heavy atom. The number of aromatic nitrogens is 2. The van der Waals surface area contributed by atoms with Crippen LogP contribution < -0.4 is 5.32 Å². The number of carboxylic acid groups (broad SMARTS) is 1. The van der Waals surface area contributed by atoms with Crippen molar-refractivity contribution in [1.29, 1.82) is 0 Å². The van der Waals surface area contributed by atoms with Gasteiger partial charge in [0.15, 0.2) is 0 Å². The first-order valence-corrected chi connectivity index (χ1v) is 11.0. The summed E-state index contributed by atoms with van der Waals surface area (Å²) in [5, 5.41) is 10.9. The third kappa shape index (κ3) is 4.88. The fraction of sp³-hybridized carbons (Fsp3) is 0.348. The Labute approximate surface area is 197 Å². The molecule has 0 aliphatic carbocycles. The Morgan fingerprint density at radius 1 is 1.18 bits per heavy atom. The van der Waals surface area contributed by atoms with E-state index in [4.69, 9.17) is 21.5 Å². The minimum absolute atomic E-state index is 0.180. The standard InChI is InChI=1S/C21H21ClN4O.C2HF3O2/c22-15-5-6-17-18(11-15)25-19(24-17)13-26-9-7-21(8-10-26)16-4-2-1-3-14(16)12-23-20(21)27;3-2(4,5)1(6)7/h1-6,11H,7-10,12-13H2,(H,23,27)(H,24,25);(H,6,7). The van der Waals surface area contributed by atoms with Gasteiger partial charge in [-0.1, -0.05) is 35.9 Å². The normalized spacial score (nSPS) is 17.6. The predicted molar refractivity (Wildman–Crippen MR) is 119 cm³/mol. The number of hydrogen-bond acceptors (Lipinski definition) is 4. The molecule has 0 atom stereocenters. The summed E-state index contributed by atoms with van der Waals surface area (Å²) in [7, 11) is 0. The minimum atomic E-state index is -5.08. The number of rotatable bonds is 2. The summed E-state index contributed by atoms with van der Waals surface area (Å²) in [6.07, 6.45) is -3.41. The molecule has 1 saturated heterocycles. The van der Waals surface area contributed by atoms with Crippen molar-refractivity contribution in [2.45, 2.75) is 37.5 Å². The number of piperidine rings is 1. The molecule has 2 aromatic carbocycles. The first-order valence-electron chi connectivity index (χ1n) is 10.6. The summed E-state index contributed by atoms with van der Waals surface area (Å²) >= 11 is 6.06. The van der Waals surface area contributed by atoms with Gasteiger partial charge in [-0.25, -0.2) is 9.78 Å². The fourth-order valence-electron chi connectivity index (χ4n) is 4.52. The molecule has 0 radical (unpaired) electrons. The van der Waals surface area contributed by atoms with Crippen molar-refractivity contribution in [3.05, 3.63) is 64.4 Å². The number of hydrogen-bond donors (Lipinski definition) is 3. The van der Waals surface area contributed by atoms with Crippen molar-refractivity contribution in [3.8, 4) is 0 Å². The van der Waals surface area contributed by atoms with Crippen LogP contribution in [0.2, 0.25) is 5.02 Å². The van der Waals surface area contributed by atoms with Crippen molar-refractivity contribution in [2.24, 2.45) is 0 Å². The number of halogens is 4. The van der Waals surface area contributed by atoms with E-state index in [-0.39, 0.29) is 11.3 Å². The molecule has 5 rings (SSSR count). The van der Waals surface area contributed by atoms with Gasteiger partial charge in [-0.3, -0.25) is 9.69 Å². The molecule has 0 unspecified atom stereocenters. The average Bonchev–Trinajstić information content (AvgIpc) is 3.19. The van der Waals surface area contributed by atoms with E-state index in [9.17, 15) is 18.0 Å². The summed E-state index contributed by atoms with van der Waals surface area (Å²) < 4.78 is 31.7. The van der Waals surface area contributed by atoms with Crippen LogP contribution in [-0.2, 0) is 28.1 Å². The Bertz CT molecular complexity index is 1220. The molecular weight excluding hydrogens is 473 g/mol. The molecule has 180 valence electrons. The van der Waals surface area contributed by atoms with E-state index >= 15 is 0 Å². The number of aliphatic carboxylic acids is 1. The lowest BCUT2D eigenvalue weighted by molar-refractivity contribution is -0.192. The molecule has 11 heteroatoms. The lowest BCUT2D eigenvalue weighted by Crippen LogP contribution is -2.54. The van der Waals surface area contributed by atoms with Gasteiger partial charge in [0.25, 0.3) is 0 Å². The van der Waals surface area contributed by atoms with Crippen LogP contribution in [0.4, 0.5) is 13.2 Å². The fourth-order valence-corrected chi connectivity index (χ4v) is 4.69. The van der Waals surface area contributed by atoms with E-state index in [1.54, 1.807) is 0 Å². The first-order chi connectivity index (χ1) is 16.1. The van der Waals surface area contributed by atoms with Crippen molar-refractivity contribution in [3.63, 3.8) is 0 Å². The molecule has 0 saturated carbocycles. The zero-order valence-electron chi connectivity index (χ0n) is 18.0. The van der Waals surface area contributed by atoms with Crippen LogP contribution in [0, 0.1) is 0 Å². The second-order valence-electron chi connectivity index (χ2n) is 8.35. The number of amides is 1. The van der Waals surface area contributed by atoms with Gasteiger partial charge in [0.2, 0.25) is 5.91 Å². The monoisotopic (exact) mass is 494 g/mol. The maximum absolute atomic E-state index is 12.8. The molecule has 3 heterocycles. The number of H-pyrrole nitrogens is 1. The number of fused-ring (bicyclic) bond motifs is 3. The molecule has 0 bridgehead atoms. The van der Waals surface area contributed by atoms with Crippen LogP contribution in [0.5, 0.6) is 0 Å². The number of carboxylic acids is 1. The summed E-state index contributed by atoms with van der Waals surface area (Å²) in [5.74, 6) is -1.64. The third-order valence-corrected chi connectivity index (χ3v) is 6.46. The van der Waals surface area contributed by atoms with E-state index in [2.05, 4.69) is 32.3 Å². The molecule has 1 fully saturated rings. The van der Waals surface area contributed by atoms with Crippen LogP contribution in [-0.4, -0.2) is 51.1 Å². The van der Waals surface area contributed by atoms with E-state index < -0.39 is 12.1 Å². The number of aromatic amines is 1. The second-order valence-corrected chi connectivity index (χ2v) is 8.78. The first kappa shape index (κ1) is 24.0. The lowest BCUT2D eigenvalue weighted by atomic mass is 9.69. The highest BCUT2D eigenvalue weighted by molar-refractivity contribution is 6.31. The lowest BCUT2D eigenvalue weighted by Gasteiger charge is -2.43. The number of imidazole rings is 1. The maximum Gasteiger partial charge on any atom is 0.490 e. The summed E-state index contributed by atoms with van der Waals surface area (Å²) in [5.41, 5.74) is 3.98. The zero-order chi connectivity index (χ0) is 24.5. The van der Waals surface area contributed by atoms with Gasteiger partial charge in [0.1, 0.15) is 5.82 Å². The minimum Gasteiger partial charge on any atom is -0.475 e. The average molecular weight is 495 g/mol. The van der Waals surface area contributed by atoms with Gasteiger partial charge in [-0.15, -0.1) is 0 Å². The summed E-state index contributed by atoms with van der Waals surface area (Å²) in [6.45, 7) is 3.15. The van der Waals surface area contributed by atoms with E-state index in [1.165, 1.54) is 11.1 Å². The summed E-state index contributed by atoms with van der Waals surface area (Å²) in [6, 6.07) is 14.1. The highest BCUT2D eigenvalue weighted by Crippen LogP contribution is 2.40. The Kier molecular flexibility index (Phi) is 6.55. The van der Waals surface area contributed by atoms with Crippen LogP contribution in [0.25, 0.3) is 11.0 Å². The highest BCUT2D eigenvalue weighted by Gasteiger charge is 2.46. The summed E-state index contributed by atoms with van der Waals surface area (Å²) in [4.78, 5) is 32.1. The molecule has 2 aliphatic rings. The van der Waals surface area contributed by atoms with E-state index in [0.717, 1.165) is 49.3 Å². The molecule has 1 amide bonds. The number of nitrogens with zero attached hydrogens (tertiary/aromatic N) is 2. The van der Waals surface area contributed by atoms with Crippen molar-refractivity contribution in [2.75, 3.05) is 13.1 Å². The number of likely N-dealkylation sites (tertiary alicyclic amines) is 1. The van der Waals surface area contributed by atoms with Crippen molar-refractivity contribution in [1.82, 2.24) is 20.2 Å². The SMILES string of the molecule is O=C(O)C(F)(F)F.O=C1NCc2ccccc2C12CCN(Cc1nc3ccc(Cl)cc3[nH]1)CC2. The number of alkyl halides is 3. The predicted octanol–water partition coefficient (Wildman–Crippen LogP) is 4.01. The largest absolute Gasteiger partial charge is 0.490 e. The molecule has 1 spiro atoms. The Hall–Kier alpha value is -3.11. The number of carbonyl (C=O) groups excluding carboxylic acids is 1. The number of benzene rings is 2. The van der Waals surface area contributed by atoms with Crippen molar-refractivity contribution >= 4 is 34.5 Å². The third-order valence-electron chi connectivity index (χ3n) is 6.23. The Balaban J connectivity index is 0.000000344. The van der Waals surface area contributed by atoms with Crippen LogP contribution in [0.15, 0.2) is 42.5 Å². The highest BCUT2D eigenvalue weighted by atomic mass is 35.5. The van der Waals surface area contributed by atoms with Gasteiger partial charge < -0.3 is 15.4 Å². The van der Waals surface area contributed by atoms with Crippen LogP contribution >= 0.6 is 11.6 Å². The smallest absolute Gasteiger partial charge is 0.475 e. The number of carbonyl (C=O) groups is 2. The van der Waals surface area contributed by atoms with E-state index in [1.807, 2.05) is 30.3 Å². The van der Waals surface area contributed by atoms with E-state index in [0.29, 0.717) is 11.6 Å². The molecule has 2 aliphatic heterocycles. The van der Waals surface area contributed by atoms with Gasteiger partial charge >= 0.3 is 12.1 Å². The van der Waals surface area contributed by atoms with Crippen LogP contribution in [0.1, 0.15) is 29.8 Å². The molecular formula is C23H22ClF3N4O3. The molecule has 34 heavy (non-hydrogen) atoms. The maximum atomic E-state index is 12.8. The van der Waals surface area contributed by atoms with Gasteiger partial charge in [0, 0.05) is 11.6 Å². The van der Waals surface area contributed by atoms with Gasteiger partial charge in [-0.05, 0) is 55.3 Å².